The van der Waals surface area contributed by atoms with Crippen molar-refractivity contribution in [3.63, 3.8) is 0 Å². The van der Waals surface area contributed by atoms with Crippen LogP contribution in [0.5, 0.6) is 0 Å². The Balaban J connectivity index is 2.03. The molecule has 9 heteroatoms. The lowest BCUT2D eigenvalue weighted by Crippen LogP contribution is -2.26. The van der Waals surface area contributed by atoms with Gasteiger partial charge in [0.15, 0.2) is 9.90 Å². The molecule has 0 fully saturated rings. The Labute approximate surface area is 124 Å². The zero-order chi connectivity index (χ0) is 15.5. The van der Waals surface area contributed by atoms with Crippen molar-refractivity contribution in [3.8, 4) is 0 Å². The maximum absolute atomic E-state index is 12.7. The largest absolute Gasteiger partial charge is 0.476 e. The topological polar surface area (TPSA) is 96.4 Å². The van der Waals surface area contributed by atoms with Gasteiger partial charge in [-0.05, 0) is 24.1 Å². The number of nitrogens with one attached hydrogen (secondary N) is 1. The number of carbonyl (C=O) groups is 1. The van der Waals surface area contributed by atoms with Crippen molar-refractivity contribution in [3.05, 3.63) is 46.9 Å². The predicted molar refractivity (Wildman–Crippen MR) is 74.4 cm³/mol. The first-order valence-corrected chi connectivity index (χ1v) is 8.17. The first-order valence-electron chi connectivity index (χ1n) is 5.81. The molecule has 2 N–H and O–H groups in total. The minimum atomic E-state index is -3.92. The third-order valence-electron chi connectivity index (χ3n) is 2.60. The van der Waals surface area contributed by atoms with Gasteiger partial charge in [0.2, 0.25) is 0 Å². The molecular formula is C12H11FN2O4S2. The third-order valence-corrected chi connectivity index (χ3v) is 5.43. The van der Waals surface area contributed by atoms with Gasteiger partial charge in [-0.15, -0.1) is 11.3 Å². The minimum absolute atomic E-state index is 0.0743. The van der Waals surface area contributed by atoms with Crippen LogP contribution >= 0.6 is 11.3 Å². The zero-order valence-electron chi connectivity index (χ0n) is 10.6. The molecule has 0 aliphatic rings. The first kappa shape index (κ1) is 15.5. The van der Waals surface area contributed by atoms with Crippen LogP contribution in [0.15, 0.2) is 34.0 Å². The lowest BCUT2D eigenvalue weighted by molar-refractivity contribution is 0.0687. The lowest BCUT2D eigenvalue weighted by Gasteiger charge is -2.05. The molecule has 0 saturated heterocycles. The summed E-state index contributed by atoms with van der Waals surface area (Å²) in [4.78, 5) is 14.4. The number of thiazole rings is 1. The van der Waals surface area contributed by atoms with E-state index < -0.39 is 21.7 Å². The van der Waals surface area contributed by atoms with Crippen LogP contribution in [0.4, 0.5) is 4.39 Å². The second kappa shape index (κ2) is 6.29. The Hall–Kier alpha value is -1.84. The summed E-state index contributed by atoms with van der Waals surface area (Å²) in [7, 11) is -3.92. The third kappa shape index (κ3) is 3.84. The number of hydrogen-bond donors (Lipinski definition) is 2. The van der Waals surface area contributed by atoms with Gasteiger partial charge >= 0.3 is 5.97 Å². The molecule has 0 unspecified atom stereocenters. The number of carboxylic acid groups (broad SMARTS) is 1. The molecular weight excluding hydrogens is 319 g/mol. The van der Waals surface area contributed by atoms with Crippen LogP contribution in [0.2, 0.25) is 0 Å². The van der Waals surface area contributed by atoms with Crippen LogP contribution in [-0.4, -0.2) is 31.0 Å². The fraction of sp³-hybridized carbons (Fsp3) is 0.167. The van der Waals surface area contributed by atoms with Crippen molar-refractivity contribution in [2.24, 2.45) is 0 Å². The molecule has 0 amide bonds. The standard InChI is InChI=1S/C12H11FN2O4S2/c13-9-3-1-8(2-4-9)5-6-15-21(18,19)12-10(11(16)17)14-7-20-12/h1-4,7,15H,5-6H2,(H,16,17). The summed E-state index contributed by atoms with van der Waals surface area (Å²) in [6, 6.07) is 5.68. The van der Waals surface area contributed by atoms with Crippen LogP contribution in [0.1, 0.15) is 16.1 Å². The summed E-state index contributed by atoms with van der Waals surface area (Å²) in [6.45, 7) is 0.0743. The van der Waals surface area contributed by atoms with Crippen LogP contribution in [0, 0.1) is 5.82 Å². The Morgan fingerprint density at radius 1 is 1.33 bits per heavy atom. The summed E-state index contributed by atoms with van der Waals surface area (Å²) < 4.78 is 38.7. The number of aromatic carboxylic acids is 1. The number of benzene rings is 1. The molecule has 0 radical (unpaired) electrons. The maximum Gasteiger partial charge on any atom is 0.356 e. The second-order valence-electron chi connectivity index (χ2n) is 4.07. The molecule has 6 nitrogen and oxygen atoms in total. The molecule has 21 heavy (non-hydrogen) atoms. The monoisotopic (exact) mass is 330 g/mol. The van der Waals surface area contributed by atoms with Gasteiger partial charge in [-0.25, -0.2) is 27.3 Å². The molecule has 0 bridgehead atoms. The minimum Gasteiger partial charge on any atom is -0.476 e. The van der Waals surface area contributed by atoms with Crippen LogP contribution in [-0.2, 0) is 16.4 Å². The van der Waals surface area contributed by atoms with Gasteiger partial charge < -0.3 is 5.11 Å². The second-order valence-corrected chi connectivity index (χ2v) is 6.88. The van der Waals surface area contributed by atoms with E-state index in [0.29, 0.717) is 6.42 Å². The summed E-state index contributed by atoms with van der Waals surface area (Å²) in [5.74, 6) is -1.76. The van der Waals surface area contributed by atoms with E-state index in [9.17, 15) is 17.6 Å². The number of sulfonamides is 1. The number of hydrogen-bond acceptors (Lipinski definition) is 5. The number of aromatic nitrogens is 1. The summed E-state index contributed by atoms with van der Waals surface area (Å²) in [5, 5.41) is 8.86. The summed E-state index contributed by atoms with van der Waals surface area (Å²) in [5.41, 5.74) is 1.44. The molecule has 0 aliphatic carbocycles. The van der Waals surface area contributed by atoms with Gasteiger partial charge in [-0.1, -0.05) is 12.1 Å². The molecule has 0 aliphatic heterocycles. The molecule has 0 saturated carbocycles. The SMILES string of the molecule is O=C(O)c1ncsc1S(=O)(=O)NCCc1ccc(F)cc1. The van der Waals surface area contributed by atoms with Crippen LogP contribution in [0.25, 0.3) is 0 Å². The fourth-order valence-corrected chi connectivity index (χ4v) is 3.83. The van der Waals surface area contributed by atoms with Gasteiger partial charge in [0, 0.05) is 6.54 Å². The number of rotatable bonds is 6. The molecule has 1 heterocycles. The maximum atomic E-state index is 12.7. The van der Waals surface area contributed by atoms with E-state index in [4.69, 9.17) is 5.11 Å². The highest BCUT2D eigenvalue weighted by molar-refractivity contribution is 7.91. The van der Waals surface area contributed by atoms with Crippen molar-refractivity contribution in [1.82, 2.24) is 9.71 Å². The van der Waals surface area contributed by atoms with Gasteiger partial charge in [0.05, 0.1) is 5.51 Å². The van der Waals surface area contributed by atoms with Crippen molar-refractivity contribution >= 4 is 27.3 Å². The van der Waals surface area contributed by atoms with Crippen molar-refractivity contribution in [2.75, 3.05) is 6.54 Å². The van der Waals surface area contributed by atoms with Crippen molar-refractivity contribution in [1.29, 1.82) is 0 Å². The highest BCUT2D eigenvalue weighted by Gasteiger charge is 2.25. The van der Waals surface area contributed by atoms with Crippen molar-refractivity contribution < 1.29 is 22.7 Å². The van der Waals surface area contributed by atoms with E-state index in [1.165, 1.54) is 12.1 Å². The fourth-order valence-electron chi connectivity index (χ4n) is 1.61. The Morgan fingerprint density at radius 2 is 2.00 bits per heavy atom. The van der Waals surface area contributed by atoms with E-state index in [-0.39, 0.29) is 16.6 Å². The van der Waals surface area contributed by atoms with E-state index in [1.807, 2.05) is 0 Å². The van der Waals surface area contributed by atoms with Gasteiger partial charge in [-0.3, -0.25) is 0 Å². The van der Waals surface area contributed by atoms with Crippen LogP contribution in [0.3, 0.4) is 0 Å². The Morgan fingerprint density at radius 3 is 2.62 bits per heavy atom. The molecule has 2 aromatic rings. The Kier molecular flexibility index (Phi) is 4.66. The van der Waals surface area contributed by atoms with Gasteiger partial charge in [0.1, 0.15) is 5.82 Å². The summed E-state index contributed by atoms with van der Waals surface area (Å²) in [6.07, 6.45) is 0.362. The smallest absolute Gasteiger partial charge is 0.356 e. The van der Waals surface area contributed by atoms with Crippen LogP contribution < -0.4 is 4.72 Å². The Bertz CT molecular complexity index is 741. The number of nitrogens with zero attached hydrogens (tertiary/aromatic N) is 1. The van der Waals surface area contributed by atoms with Crippen molar-refractivity contribution in [2.45, 2.75) is 10.6 Å². The quantitative estimate of drug-likeness (QED) is 0.837. The van der Waals surface area contributed by atoms with Gasteiger partial charge in [-0.2, -0.15) is 0 Å². The lowest BCUT2D eigenvalue weighted by atomic mass is 10.1. The first-order chi connectivity index (χ1) is 9.90. The molecule has 0 atom stereocenters. The molecule has 1 aromatic heterocycles. The number of halogens is 1. The predicted octanol–water partition coefficient (Wildman–Crippen LogP) is 1.50. The highest BCUT2D eigenvalue weighted by atomic mass is 32.2. The molecule has 0 spiro atoms. The van der Waals surface area contributed by atoms with E-state index >= 15 is 0 Å². The normalized spacial score (nSPS) is 11.5. The van der Waals surface area contributed by atoms with E-state index in [2.05, 4.69) is 9.71 Å². The summed E-state index contributed by atoms with van der Waals surface area (Å²) >= 11 is 0.741. The van der Waals surface area contributed by atoms with E-state index in [0.717, 1.165) is 22.4 Å². The molecule has 2 rings (SSSR count). The average molecular weight is 330 g/mol. The molecule has 1 aromatic carbocycles. The van der Waals surface area contributed by atoms with Gasteiger partial charge in [0.25, 0.3) is 10.0 Å². The number of carboxylic acids is 1. The molecule has 112 valence electrons. The highest BCUT2D eigenvalue weighted by Crippen LogP contribution is 2.19. The zero-order valence-corrected chi connectivity index (χ0v) is 12.2. The van der Waals surface area contributed by atoms with E-state index in [1.54, 1.807) is 12.1 Å². The average Bonchev–Trinajstić information content (AvgIpc) is 2.91.